The second-order valence-electron chi connectivity index (χ2n) is 3.92. The van der Waals surface area contributed by atoms with Gasteiger partial charge < -0.3 is 10.8 Å². The lowest BCUT2D eigenvalue weighted by atomic mass is 9.77. The fraction of sp³-hybridized carbons (Fsp3) is 0.455. The SMILES string of the molecule is Cl.N[C@@H](c1cc(F)ccc1O)C1CCC1. The van der Waals surface area contributed by atoms with Crippen LogP contribution in [0.15, 0.2) is 18.2 Å². The Morgan fingerprint density at radius 3 is 2.60 bits per heavy atom. The predicted octanol–water partition coefficient (Wildman–Crippen LogP) is 2.75. The van der Waals surface area contributed by atoms with Gasteiger partial charge in [-0.3, -0.25) is 0 Å². The van der Waals surface area contributed by atoms with Crippen molar-refractivity contribution in [3.05, 3.63) is 29.6 Å². The average molecular weight is 232 g/mol. The van der Waals surface area contributed by atoms with E-state index >= 15 is 0 Å². The molecule has 1 saturated carbocycles. The van der Waals surface area contributed by atoms with Gasteiger partial charge in [-0.1, -0.05) is 6.42 Å². The van der Waals surface area contributed by atoms with Crippen molar-refractivity contribution in [1.82, 2.24) is 0 Å². The molecule has 0 radical (unpaired) electrons. The van der Waals surface area contributed by atoms with Crippen LogP contribution in [0.2, 0.25) is 0 Å². The van der Waals surface area contributed by atoms with Crippen LogP contribution in [-0.4, -0.2) is 5.11 Å². The zero-order chi connectivity index (χ0) is 10.1. The van der Waals surface area contributed by atoms with Gasteiger partial charge in [-0.2, -0.15) is 0 Å². The molecule has 1 aliphatic rings. The molecule has 0 bridgehead atoms. The molecule has 1 fully saturated rings. The molecular weight excluding hydrogens is 217 g/mol. The Bertz CT molecular complexity index is 341. The van der Waals surface area contributed by atoms with Crippen LogP contribution in [0.4, 0.5) is 4.39 Å². The van der Waals surface area contributed by atoms with Gasteiger partial charge in [0.1, 0.15) is 11.6 Å². The molecule has 84 valence electrons. The Balaban J connectivity index is 0.00000112. The van der Waals surface area contributed by atoms with Crippen LogP contribution in [0.3, 0.4) is 0 Å². The molecule has 0 aliphatic heterocycles. The second kappa shape index (κ2) is 4.81. The summed E-state index contributed by atoms with van der Waals surface area (Å²) in [6.45, 7) is 0. The van der Waals surface area contributed by atoms with Crippen LogP contribution in [-0.2, 0) is 0 Å². The van der Waals surface area contributed by atoms with Gasteiger partial charge in [-0.25, -0.2) is 4.39 Å². The lowest BCUT2D eigenvalue weighted by molar-refractivity contribution is 0.260. The standard InChI is InChI=1S/C11H14FNO.ClH/c12-8-4-5-10(14)9(6-8)11(13)7-2-1-3-7;/h4-7,11,14H,1-3,13H2;1H/t11-;/m1./s1. The topological polar surface area (TPSA) is 46.2 Å². The lowest BCUT2D eigenvalue weighted by Gasteiger charge is -2.31. The van der Waals surface area contributed by atoms with E-state index in [1.165, 1.54) is 24.6 Å². The van der Waals surface area contributed by atoms with E-state index in [9.17, 15) is 9.50 Å². The van der Waals surface area contributed by atoms with E-state index in [0.717, 1.165) is 12.8 Å². The molecule has 0 saturated heterocycles. The van der Waals surface area contributed by atoms with E-state index in [0.29, 0.717) is 11.5 Å². The highest BCUT2D eigenvalue weighted by Crippen LogP contribution is 2.38. The largest absolute Gasteiger partial charge is 0.508 e. The number of halogens is 2. The molecule has 0 aromatic heterocycles. The van der Waals surface area contributed by atoms with Crippen LogP contribution in [0.25, 0.3) is 0 Å². The smallest absolute Gasteiger partial charge is 0.123 e. The maximum absolute atomic E-state index is 12.9. The van der Waals surface area contributed by atoms with Gasteiger partial charge in [-0.05, 0) is 37.0 Å². The summed E-state index contributed by atoms with van der Waals surface area (Å²) in [4.78, 5) is 0. The fourth-order valence-corrected chi connectivity index (χ4v) is 1.85. The number of aromatic hydroxyl groups is 1. The Morgan fingerprint density at radius 1 is 1.40 bits per heavy atom. The molecule has 0 spiro atoms. The van der Waals surface area contributed by atoms with E-state index in [-0.39, 0.29) is 30.0 Å². The van der Waals surface area contributed by atoms with E-state index < -0.39 is 0 Å². The molecule has 2 rings (SSSR count). The highest BCUT2D eigenvalue weighted by atomic mass is 35.5. The van der Waals surface area contributed by atoms with E-state index in [4.69, 9.17) is 5.73 Å². The molecule has 1 aromatic rings. The summed E-state index contributed by atoms with van der Waals surface area (Å²) in [5.74, 6) is 0.168. The fourth-order valence-electron chi connectivity index (χ4n) is 1.85. The van der Waals surface area contributed by atoms with Crippen LogP contribution in [0.1, 0.15) is 30.9 Å². The Labute approximate surface area is 94.7 Å². The summed E-state index contributed by atoms with van der Waals surface area (Å²) in [5, 5.41) is 9.53. The van der Waals surface area contributed by atoms with Crippen LogP contribution < -0.4 is 5.73 Å². The first-order chi connectivity index (χ1) is 6.68. The summed E-state index contributed by atoms with van der Waals surface area (Å²) >= 11 is 0. The number of hydrogen-bond acceptors (Lipinski definition) is 2. The third kappa shape index (κ3) is 2.41. The van der Waals surface area contributed by atoms with Gasteiger partial charge >= 0.3 is 0 Å². The zero-order valence-electron chi connectivity index (χ0n) is 8.32. The molecule has 0 amide bonds. The third-order valence-corrected chi connectivity index (χ3v) is 3.01. The first kappa shape index (κ1) is 12.3. The van der Waals surface area contributed by atoms with Gasteiger partial charge in [-0.15, -0.1) is 12.4 Å². The molecular formula is C11H15ClFNO. The van der Waals surface area contributed by atoms with Crippen LogP contribution in [0.5, 0.6) is 5.75 Å². The Morgan fingerprint density at radius 2 is 2.07 bits per heavy atom. The number of phenolic OH excluding ortho intramolecular Hbond substituents is 1. The minimum atomic E-state index is -0.340. The van der Waals surface area contributed by atoms with Crippen molar-refractivity contribution in [2.45, 2.75) is 25.3 Å². The molecule has 1 atom stereocenters. The number of hydrogen-bond donors (Lipinski definition) is 2. The van der Waals surface area contributed by atoms with Crippen molar-refractivity contribution in [1.29, 1.82) is 0 Å². The first-order valence-corrected chi connectivity index (χ1v) is 4.92. The molecule has 2 nitrogen and oxygen atoms in total. The second-order valence-corrected chi connectivity index (χ2v) is 3.92. The average Bonchev–Trinajstić information content (AvgIpc) is 2.06. The summed E-state index contributed by atoms with van der Waals surface area (Å²) in [7, 11) is 0. The van der Waals surface area contributed by atoms with E-state index in [2.05, 4.69) is 0 Å². The molecule has 4 heteroatoms. The number of nitrogens with two attached hydrogens (primary N) is 1. The monoisotopic (exact) mass is 231 g/mol. The van der Waals surface area contributed by atoms with Gasteiger partial charge in [0.2, 0.25) is 0 Å². The summed E-state index contributed by atoms with van der Waals surface area (Å²) in [6, 6.07) is 3.72. The molecule has 0 heterocycles. The van der Waals surface area contributed by atoms with Crippen LogP contribution in [0, 0.1) is 11.7 Å². The summed E-state index contributed by atoms with van der Waals surface area (Å²) in [6.07, 6.45) is 3.35. The van der Waals surface area contributed by atoms with Gasteiger partial charge in [0.05, 0.1) is 0 Å². The van der Waals surface area contributed by atoms with Crippen molar-refractivity contribution < 1.29 is 9.50 Å². The molecule has 0 unspecified atom stereocenters. The Kier molecular flexibility index (Phi) is 3.94. The highest BCUT2D eigenvalue weighted by Gasteiger charge is 2.27. The molecule has 3 N–H and O–H groups in total. The third-order valence-electron chi connectivity index (χ3n) is 3.01. The van der Waals surface area contributed by atoms with E-state index in [1.54, 1.807) is 0 Å². The van der Waals surface area contributed by atoms with Gasteiger partial charge in [0, 0.05) is 11.6 Å². The van der Waals surface area contributed by atoms with Crippen LogP contribution >= 0.6 is 12.4 Å². The van der Waals surface area contributed by atoms with Crippen molar-refractivity contribution in [2.24, 2.45) is 11.7 Å². The molecule has 1 aliphatic carbocycles. The molecule has 1 aromatic carbocycles. The van der Waals surface area contributed by atoms with Crippen molar-refractivity contribution in [2.75, 3.05) is 0 Å². The van der Waals surface area contributed by atoms with Crippen molar-refractivity contribution in [3.63, 3.8) is 0 Å². The quantitative estimate of drug-likeness (QED) is 0.822. The van der Waals surface area contributed by atoms with E-state index in [1.807, 2.05) is 0 Å². The number of rotatable bonds is 2. The summed E-state index contributed by atoms with van der Waals surface area (Å²) in [5.41, 5.74) is 6.48. The maximum Gasteiger partial charge on any atom is 0.123 e. The Hall–Kier alpha value is -0.800. The zero-order valence-corrected chi connectivity index (χ0v) is 9.14. The van der Waals surface area contributed by atoms with Gasteiger partial charge in [0.25, 0.3) is 0 Å². The lowest BCUT2D eigenvalue weighted by Crippen LogP contribution is -2.26. The van der Waals surface area contributed by atoms with Gasteiger partial charge in [0.15, 0.2) is 0 Å². The predicted molar refractivity (Wildman–Crippen MR) is 59.6 cm³/mol. The minimum absolute atomic E-state index is 0. The normalized spacial score (nSPS) is 17.7. The molecule has 15 heavy (non-hydrogen) atoms. The van der Waals surface area contributed by atoms with Crippen molar-refractivity contribution >= 4 is 12.4 Å². The summed E-state index contributed by atoms with van der Waals surface area (Å²) < 4.78 is 12.9. The minimum Gasteiger partial charge on any atom is -0.508 e. The number of phenols is 1. The van der Waals surface area contributed by atoms with Crippen molar-refractivity contribution in [3.8, 4) is 5.75 Å². The first-order valence-electron chi connectivity index (χ1n) is 4.92. The number of benzene rings is 1. The highest BCUT2D eigenvalue weighted by molar-refractivity contribution is 5.85. The maximum atomic E-state index is 12.9.